The molecule has 0 unspecified atom stereocenters. The molecule has 1 aromatic carbocycles. The van der Waals surface area contributed by atoms with Gasteiger partial charge in [0.15, 0.2) is 5.82 Å². The van der Waals surface area contributed by atoms with Crippen molar-refractivity contribution in [3.8, 4) is 6.07 Å². The molecule has 1 aliphatic heterocycles. The molecular weight excluding hydrogens is 300 g/mol. The topological polar surface area (TPSA) is 78.2 Å². The van der Waals surface area contributed by atoms with Gasteiger partial charge in [0.25, 0.3) is 0 Å². The molecule has 0 aliphatic carbocycles. The fourth-order valence-electron chi connectivity index (χ4n) is 2.25. The number of nitriles is 1. The third-order valence-electron chi connectivity index (χ3n) is 3.29. The van der Waals surface area contributed by atoms with Crippen LogP contribution in [0.3, 0.4) is 0 Å². The lowest BCUT2D eigenvalue weighted by atomic mass is 10.2. The van der Waals surface area contributed by atoms with Gasteiger partial charge < -0.3 is 15.0 Å². The molecule has 1 saturated heterocycles. The molecule has 7 heteroatoms. The van der Waals surface area contributed by atoms with Crippen LogP contribution < -0.4 is 15.1 Å². The van der Waals surface area contributed by atoms with Crippen LogP contribution >= 0.6 is 11.3 Å². The normalized spacial score (nSPS) is 14.4. The number of rotatable bonds is 3. The number of morpholine rings is 1. The second-order valence-corrected chi connectivity index (χ2v) is 5.67. The van der Waals surface area contributed by atoms with E-state index in [-0.39, 0.29) is 4.87 Å². The molecule has 22 heavy (non-hydrogen) atoms. The maximum absolute atomic E-state index is 11.9. The van der Waals surface area contributed by atoms with Crippen molar-refractivity contribution in [1.29, 1.82) is 5.26 Å². The summed E-state index contributed by atoms with van der Waals surface area (Å²) in [5.41, 5.74) is 1.23. The summed E-state index contributed by atoms with van der Waals surface area (Å²) in [7, 11) is 0. The molecule has 1 aliphatic rings. The highest BCUT2D eigenvalue weighted by atomic mass is 32.1. The largest absolute Gasteiger partial charge is 0.378 e. The van der Waals surface area contributed by atoms with Gasteiger partial charge in [-0.2, -0.15) is 10.2 Å². The van der Waals surface area contributed by atoms with Crippen LogP contribution in [0, 0.1) is 11.3 Å². The Balaban J connectivity index is 2.01. The van der Waals surface area contributed by atoms with E-state index in [1.165, 1.54) is 0 Å². The van der Waals surface area contributed by atoms with Gasteiger partial charge >= 0.3 is 4.87 Å². The minimum atomic E-state index is -0.320. The van der Waals surface area contributed by atoms with Gasteiger partial charge in [0.1, 0.15) is 16.6 Å². The van der Waals surface area contributed by atoms with E-state index in [1.54, 1.807) is 0 Å². The van der Waals surface area contributed by atoms with E-state index in [4.69, 9.17) is 4.74 Å². The molecule has 0 spiro atoms. The van der Waals surface area contributed by atoms with Gasteiger partial charge in [0, 0.05) is 18.8 Å². The zero-order chi connectivity index (χ0) is 15.4. The molecule has 112 valence electrons. The van der Waals surface area contributed by atoms with Gasteiger partial charge in [-0.3, -0.25) is 4.79 Å². The predicted molar refractivity (Wildman–Crippen MR) is 85.9 cm³/mol. The van der Waals surface area contributed by atoms with E-state index >= 15 is 0 Å². The number of ether oxygens (including phenoxy) is 1. The summed E-state index contributed by atoms with van der Waals surface area (Å²) in [6.45, 7) is 2.39. The lowest BCUT2D eigenvalue weighted by molar-refractivity contribution is 0.122. The highest BCUT2D eigenvalue weighted by molar-refractivity contribution is 7.13. The number of anilines is 3. The molecule has 3 rings (SSSR count). The minimum absolute atomic E-state index is 0.320. The Morgan fingerprint density at radius 3 is 2.68 bits per heavy atom. The summed E-state index contributed by atoms with van der Waals surface area (Å²) >= 11 is 0.943. The van der Waals surface area contributed by atoms with E-state index in [1.807, 2.05) is 35.2 Å². The zero-order valence-corrected chi connectivity index (χ0v) is 12.6. The predicted octanol–water partition coefficient (Wildman–Crippen LogP) is 1.96. The van der Waals surface area contributed by atoms with Crippen LogP contribution in [0.25, 0.3) is 0 Å². The molecule has 6 nitrogen and oxygen atoms in total. The molecule has 1 N–H and O–H groups in total. The standard InChI is InChI=1S/C15H14N4O2S/c16-10-12-13(19-6-8-21-9-7-19)18-15(20)22-14(12)17-11-4-2-1-3-5-11/h1-5,17H,6-9H2. The fraction of sp³-hybridized carbons (Fsp3) is 0.267. The van der Waals surface area contributed by atoms with Crippen LogP contribution in [0.2, 0.25) is 0 Å². The second kappa shape index (κ2) is 6.56. The summed E-state index contributed by atoms with van der Waals surface area (Å²) in [6, 6.07) is 11.6. The van der Waals surface area contributed by atoms with Crippen LogP contribution in [-0.4, -0.2) is 31.3 Å². The molecule has 2 aromatic rings. The third kappa shape index (κ3) is 3.08. The number of hydrogen-bond acceptors (Lipinski definition) is 7. The van der Waals surface area contributed by atoms with Crippen molar-refractivity contribution < 1.29 is 4.74 Å². The molecule has 0 saturated carbocycles. The van der Waals surface area contributed by atoms with E-state index in [0.29, 0.717) is 42.7 Å². The zero-order valence-electron chi connectivity index (χ0n) is 11.8. The molecular formula is C15H14N4O2S. The Morgan fingerprint density at radius 1 is 1.27 bits per heavy atom. The molecule has 1 fully saturated rings. The van der Waals surface area contributed by atoms with Crippen LogP contribution in [-0.2, 0) is 4.74 Å². The van der Waals surface area contributed by atoms with Gasteiger partial charge in [-0.05, 0) is 12.1 Å². The number of nitrogens with zero attached hydrogens (tertiary/aromatic N) is 3. The molecule has 0 bridgehead atoms. The maximum atomic E-state index is 11.9. The monoisotopic (exact) mass is 314 g/mol. The number of aromatic nitrogens is 1. The minimum Gasteiger partial charge on any atom is -0.378 e. The van der Waals surface area contributed by atoms with Crippen LogP contribution in [0.15, 0.2) is 35.1 Å². The first kappa shape index (κ1) is 14.5. The quantitative estimate of drug-likeness (QED) is 0.933. The highest BCUT2D eigenvalue weighted by Crippen LogP contribution is 2.29. The summed E-state index contributed by atoms with van der Waals surface area (Å²) in [6.07, 6.45) is 0. The smallest absolute Gasteiger partial charge is 0.330 e. The average Bonchev–Trinajstić information content (AvgIpc) is 2.56. The van der Waals surface area contributed by atoms with Crippen molar-refractivity contribution in [3.63, 3.8) is 0 Å². The van der Waals surface area contributed by atoms with Gasteiger partial charge in [-0.25, -0.2) is 0 Å². The average molecular weight is 314 g/mol. The van der Waals surface area contributed by atoms with Crippen LogP contribution in [0.1, 0.15) is 5.56 Å². The number of hydrogen-bond donors (Lipinski definition) is 1. The first-order valence-corrected chi connectivity index (χ1v) is 7.69. The first-order chi connectivity index (χ1) is 10.8. The Kier molecular flexibility index (Phi) is 4.32. The Labute approximate surface area is 131 Å². The van der Waals surface area contributed by atoms with Crippen LogP contribution in [0.5, 0.6) is 0 Å². The van der Waals surface area contributed by atoms with Crippen molar-refractivity contribution in [2.24, 2.45) is 0 Å². The van der Waals surface area contributed by atoms with Crippen molar-refractivity contribution in [2.45, 2.75) is 0 Å². The van der Waals surface area contributed by atoms with Crippen molar-refractivity contribution >= 4 is 27.8 Å². The summed E-state index contributed by atoms with van der Waals surface area (Å²) < 4.78 is 5.31. The van der Waals surface area contributed by atoms with E-state index < -0.39 is 0 Å². The Bertz CT molecular complexity index is 748. The lowest BCUT2D eigenvalue weighted by Gasteiger charge is -2.28. The second-order valence-electron chi connectivity index (χ2n) is 4.71. The lowest BCUT2D eigenvalue weighted by Crippen LogP contribution is -2.38. The Hall–Kier alpha value is -2.43. The first-order valence-electron chi connectivity index (χ1n) is 6.88. The molecule has 1 aromatic heterocycles. The van der Waals surface area contributed by atoms with E-state index in [2.05, 4.69) is 16.4 Å². The summed E-state index contributed by atoms with van der Waals surface area (Å²) in [5.74, 6) is 0.438. The summed E-state index contributed by atoms with van der Waals surface area (Å²) in [4.78, 5) is 17.6. The highest BCUT2D eigenvalue weighted by Gasteiger charge is 2.20. The third-order valence-corrected chi connectivity index (χ3v) is 4.07. The number of para-hydroxylation sites is 1. The van der Waals surface area contributed by atoms with Crippen molar-refractivity contribution in [3.05, 3.63) is 45.6 Å². The van der Waals surface area contributed by atoms with Gasteiger partial charge in [0.2, 0.25) is 0 Å². The molecule has 2 heterocycles. The van der Waals surface area contributed by atoms with E-state index in [0.717, 1.165) is 17.0 Å². The summed E-state index contributed by atoms with van der Waals surface area (Å²) in [5, 5.41) is 13.2. The molecule has 0 amide bonds. The maximum Gasteiger partial charge on any atom is 0.330 e. The molecule has 0 atom stereocenters. The van der Waals surface area contributed by atoms with Gasteiger partial charge in [0.05, 0.1) is 13.2 Å². The van der Waals surface area contributed by atoms with Gasteiger partial charge in [-0.15, -0.1) is 0 Å². The number of nitrogens with one attached hydrogen (secondary N) is 1. The van der Waals surface area contributed by atoms with Crippen LogP contribution in [0.4, 0.5) is 16.5 Å². The Morgan fingerprint density at radius 2 is 2.00 bits per heavy atom. The van der Waals surface area contributed by atoms with Crippen molar-refractivity contribution in [1.82, 2.24) is 4.98 Å². The SMILES string of the molecule is N#Cc1c(N2CCOCC2)nc(=O)sc1Nc1ccccc1. The van der Waals surface area contributed by atoms with Gasteiger partial charge in [-0.1, -0.05) is 29.5 Å². The fourth-order valence-corrected chi connectivity index (χ4v) is 2.97. The number of benzene rings is 1. The van der Waals surface area contributed by atoms with Crippen molar-refractivity contribution in [2.75, 3.05) is 36.5 Å². The molecule has 0 radical (unpaired) electrons. The van der Waals surface area contributed by atoms with E-state index in [9.17, 15) is 10.1 Å².